The molecule has 3 amide bonds. The van der Waals surface area contributed by atoms with Crippen molar-refractivity contribution in [2.45, 2.75) is 45.2 Å². The molecule has 2 aromatic rings. The van der Waals surface area contributed by atoms with Gasteiger partial charge < -0.3 is 16.8 Å². The minimum Gasteiger partial charge on any atom is -0.365 e. The van der Waals surface area contributed by atoms with Crippen LogP contribution in [-0.2, 0) is 0 Å². The zero-order chi connectivity index (χ0) is 21.0. The van der Waals surface area contributed by atoms with Gasteiger partial charge in [-0.05, 0) is 39.3 Å². The number of primary amides is 2. The van der Waals surface area contributed by atoms with E-state index >= 15 is 0 Å². The largest absolute Gasteiger partial charge is 0.365 e. The Morgan fingerprint density at radius 3 is 2.79 bits per heavy atom. The lowest BCUT2D eigenvalue weighted by molar-refractivity contribution is 0.100. The SMILES string of the molecule is CC(C)n1cc(C#Cc2cc(N(C(N)=O)[C@H]3CCCCNC3)c(C(N)=O)s2)cn1. The summed E-state index contributed by atoms with van der Waals surface area (Å²) in [4.78, 5) is 26.7. The van der Waals surface area contributed by atoms with E-state index in [4.69, 9.17) is 11.5 Å². The maximum Gasteiger partial charge on any atom is 0.319 e. The van der Waals surface area contributed by atoms with Crippen molar-refractivity contribution in [1.29, 1.82) is 0 Å². The fourth-order valence-corrected chi connectivity index (χ4v) is 4.19. The zero-order valence-corrected chi connectivity index (χ0v) is 17.5. The second-order valence-corrected chi connectivity index (χ2v) is 8.36. The molecule has 154 valence electrons. The standard InChI is InChI=1S/C20H26N6O2S/c1-13(2)25-12-14(10-24-25)6-7-16-9-17(18(29-16)19(21)27)26(20(22)28)15-5-3-4-8-23-11-15/h9-10,12-13,15,23H,3-5,8,11H2,1-2H3,(H2,21,27)(H2,22,28)/t15-/m0/s1. The summed E-state index contributed by atoms with van der Waals surface area (Å²) in [6.45, 7) is 5.59. The van der Waals surface area contributed by atoms with E-state index in [9.17, 15) is 9.59 Å². The van der Waals surface area contributed by atoms with E-state index < -0.39 is 11.9 Å². The highest BCUT2D eigenvalue weighted by Gasteiger charge is 2.29. The highest BCUT2D eigenvalue weighted by molar-refractivity contribution is 7.15. The molecule has 9 heteroatoms. The highest BCUT2D eigenvalue weighted by atomic mass is 32.1. The van der Waals surface area contributed by atoms with Gasteiger partial charge in [-0.25, -0.2) is 4.79 Å². The van der Waals surface area contributed by atoms with E-state index in [1.807, 2.05) is 24.7 Å². The summed E-state index contributed by atoms with van der Waals surface area (Å²) in [5, 5.41) is 7.58. The molecule has 3 heterocycles. The van der Waals surface area contributed by atoms with Crippen molar-refractivity contribution in [2.75, 3.05) is 18.0 Å². The minimum atomic E-state index is -0.600. The average molecular weight is 415 g/mol. The number of thiophene rings is 1. The maximum absolute atomic E-state index is 12.3. The molecular weight excluding hydrogens is 388 g/mol. The molecule has 1 atom stereocenters. The van der Waals surface area contributed by atoms with Gasteiger partial charge in [-0.3, -0.25) is 14.4 Å². The number of carbonyl (C=O) groups excluding carboxylic acids is 2. The van der Waals surface area contributed by atoms with Gasteiger partial charge in [0.2, 0.25) is 0 Å². The first-order valence-corrected chi connectivity index (χ1v) is 10.5. The molecule has 0 saturated carbocycles. The maximum atomic E-state index is 12.3. The van der Waals surface area contributed by atoms with Gasteiger partial charge in [-0.15, -0.1) is 11.3 Å². The third kappa shape index (κ3) is 4.96. The molecule has 1 fully saturated rings. The van der Waals surface area contributed by atoms with Crippen LogP contribution in [-0.4, -0.2) is 40.9 Å². The van der Waals surface area contributed by atoms with Crippen LogP contribution in [0.5, 0.6) is 0 Å². The molecular formula is C20H26N6O2S. The summed E-state index contributed by atoms with van der Waals surface area (Å²) in [5.74, 6) is 5.50. The van der Waals surface area contributed by atoms with E-state index in [1.165, 1.54) is 16.2 Å². The van der Waals surface area contributed by atoms with Gasteiger partial charge in [0, 0.05) is 18.8 Å². The summed E-state index contributed by atoms with van der Waals surface area (Å²) in [6, 6.07) is 1.24. The molecule has 0 aliphatic carbocycles. The van der Waals surface area contributed by atoms with Gasteiger partial charge >= 0.3 is 6.03 Å². The van der Waals surface area contributed by atoms with Crippen molar-refractivity contribution in [3.63, 3.8) is 0 Å². The summed E-state index contributed by atoms with van der Waals surface area (Å²) in [6.07, 6.45) is 6.39. The second-order valence-electron chi connectivity index (χ2n) is 7.30. The first kappa shape index (κ1) is 20.9. The van der Waals surface area contributed by atoms with E-state index in [2.05, 4.69) is 22.3 Å². The van der Waals surface area contributed by atoms with Crippen LogP contribution in [0.1, 0.15) is 59.3 Å². The Morgan fingerprint density at radius 2 is 2.14 bits per heavy atom. The van der Waals surface area contributed by atoms with Gasteiger partial charge in [0.1, 0.15) is 4.88 Å². The molecule has 0 unspecified atom stereocenters. The molecule has 1 aliphatic heterocycles. The molecule has 2 aromatic heterocycles. The predicted octanol–water partition coefficient (Wildman–Crippen LogP) is 2.05. The zero-order valence-electron chi connectivity index (χ0n) is 16.6. The van der Waals surface area contributed by atoms with Crippen molar-refractivity contribution < 1.29 is 9.59 Å². The Kier molecular flexibility index (Phi) is 6.56. The summed E-state index contributed by atoms with van der Waals surface area (Å²) >= 11 is 1.17. The number of urea groups is 1. The van der Waals surface area contributed by atoms with Crippen molar-refractivity contribution in [3.05, 3.63) is 33.8 Å². The van der Waals surface area contributed by atoms with Crippen LogP contribution in [0.2, 0.25) is 0 Å². The smallest absolute Gasteiger partial charge is 0.319 e. The van der Waals surface area contributed by atoms with Crippen molar-refractivity contribution >= 4 is 29.0 Å². The van der Waals surface area contributed by atoms with Gasteiger partial charge in [0.15, 0.2) is 0 Å². The Balaban J connectivity index is 1.94. The van der Waals surface area contributed by atoms with Gasteiger partial charge in [-0.1, -0.05) is 18.3 Å². The summed E-state index contributed by atoms with van der Waals surface area (Å²) in [5.41, 5.74) is 12.5. The molecule has 1 saturated heterocycles. The molecule has 1 aliphatic rings. The highest BCUT2D eigenvalue weighted by Crippen LogP contribution is 2.32. The predicted molar refractivity (Wildman–Crippen MR) is 114 cm³/mol. The average Bonchev–Trinajstić information content (AvgIpc) is 3.21. The van der Waals surface area contributed by atoms with Crippen LogP contribution < -0.4 is 21.7 Å². The van der Waals surface area contributed by atoms with Crippen LogP contribution in [0.4, 0.5) is 10.5 Å². The van der Waals surface area contributed by atoms with Crippen LogP contribution in [0, 0.1) is 11.8 Å². The minimum absolute atomic E-state index is 0.132. The number of nitrogens with two attached hydrogens (primary N) is 2. The van der Waals surface area contributed by atoms with Crippen LogP contribution >= 0.6 is 11.3 Å². The number of anilines is 1. The third-order valence-electron chi connectivity index (χ3n) is 4.78. The van der Waals surface area contributed by atoms with Crippen LogP contribution in [0.3, 0.4) is 0 Å². The lowest BCUT2D eigenvalue weighted by Gasteiger charge is -2.29. The normalized spacial score (nSPS) is 16.7. The Bertz CT molecular complexity index is 944. The number of amides is 3. The number of nitrogens with one attached hydrogen (secondary N) is 1. The quantitative estimate of drug-likeness (QED) is 0.663. The molecule has 3 rings (SSSR count). The molecule has 0 bridgehead atoms. The number of carbonyl (C=O) groups is 2. The summed E-state index contributed by atoms with van der Waals surface area (Å²) < 4.78 is 1.83. The van der Waals surface area contributed by atoms with Crippen molar-refractivity contribution in [3.8, 4) is 11.8 Å². The molecule has 0 aromatic carbocycles. The second kappa shape index (κ2) is 9.11. The molecule has 29 heavy (non-hydrogen) atoms. The first-order chi connectivity index (χ1) is 13.9. The fourth-order valence-electron chi connectivity index (χ4n) is 3.33. The lowest BCUT2D eigenvalue weighted by Crippen LogP contribution is -2.48. The number of aromatic nitrogens is 2. The van der Waals surface area contributed by atoms with Gasteiger partial charge in [-0.2, -0.15) is 5.10 Å². The van der Waals surface area contributed by atoms with Crippen LogP contribution in [0.25, 0.3) is 0 Å². The van der Waals surface area contributed by atoms with E-state index in [1.54, 1.807) is 12.3 Å². The molecule has 0 spiro atoms. The Morgan fingerprint density at radius 1 is 1.34 bits per heavy atom. The lowest BCUT2D eigenvalue weighted by atomic mass is 10.1. The topological polar surface area (TPSA) is 119 Å². The van der Waals surface area contributed by atoms with E-state index in [0.717, 1.165) is 31.4 Å². The van der Waals surface area contributed by atoms with Crippen LogP contribution in [0.15, 0.2) is 18.5 Å². The monoisotopic (exact) mass is 414 g/mol. The molecule has 0 radical (unpaired) electrons. The Labute approximate surface area is 174 Å². The van der Waals surface area contributed by atoms with E-state index in [0.29, 0.717) is 17.1 Å². The van der Waals surface area contributed by atoms with Gasteiger partial charge in [0.25, 0.3) is 5.91 Å². The number of hydrogen-bond acceptors (Lipinski definition) is 5. The summed E-state index contributed by atoms with van der Waals surface area (Å²) in [7, 11) is 0. The molecule has 8 nitrogen and oxygen atoms in total. The van der Waals surface area contributed by atoms with Gasteiger partial charge in [0.05, 0.1) is 28.4 Å². The number of hydrogen-bond donors (Lipinski definition) is 3. The first-order valence-electron chi connectivity index (χ1n) is 9.66. The third-order valence-corrected chi connectivity index (χ3v) is 5.83. The van der Waals surface area contributed by atoms with E-state index in [-0.39, 0.29) is 17.0 Å². The number of rotatable bonds is 4. The fraction of sp³-hybridized carbons (Fsp3) is 0.450. The van der Waals surface area contributed by atoms with Crippen molar-refractivity contribution in [1.82, 2.24) is 15.1 Å². The molecule has 5 N–H and O–H groups in total. The number of nitrogens with zero attached hydrogens (tertiary/aromatic N) is 3. The Hall–Kier alpha value is -2.83. The van der Waals surface area contributed by atoms with Crippen molar-refractivity contribution in [2.24, 2.45) is 11.5 Å².